The van der Waals surface area contributed by atoms with Crippen LogP contribution in [-0.4, -0.2) is 70.9 Å². The molecule has 6 rings (SSSR count). The first kappa shape index (κ1) is 26.6. The molecule has 0 radical (unpaired) electrons. The van der Waals surface area contributed by atoms with Gasteiger partial charge in [0.1, 0.15) is 11.6 Å². The fourth-order valence-electron chi connectivity index (χ4n) is 5.64. The molecule has 2 aromatic carbocycles. The van der Waals surface area contributed by atoms with Crippen molar-refractivity contribution in [3.63, 3.8) is 0 Å². The van der Waals surface area contributed by atoms with E-state index >= 15 is 0 Å². The molecule has 0 saturated carbocycles. The van der Waals surface area contributed by atoms with Crippen LogP contribution in [0.1, 0.15) is 35.7 Å². The number of hydrogen-bond acceptors (Lipinski definition) is 5. The number of likely N-dealkylation sites (tertiary alicyclic amines) is 1. The van der Waals surface area contributed by atoms with E-state index in [9.17, 15) is 9.18 Å². The highest BCUT2D eigenvalue weighted by Gasteiger charge is 2.24. The SMILES string of the molecule is CCN1CCN(c2ccc(-c3cc(NCc4ccc(Cl)cc4F)n4ccc(C(=O)N5CCCC5)c4n3)cc2)CC1. The Morgan fingerprint density at radius 3 is 2.42 bits per heavy atom. The average Bonchev–Trinajstić information content (AvgIpc) is 3.67. The normalized spacial score (nSPS) is 16.2. The molecule has 0 unspecified atom stereocenters. The van der Waals surface area contributed by atoms with Crippen LogP contribution >= 0.6 is 11.6 Å². The molecule has 9 heteroatoms. The number of piperazine rings is 1. The number of rotatable bonds is 7. The zero-order valence-corrected chi connectivity index (χ0v) is 23.5. The lowest BCUT2D eigenvalue weighted by atomic mass is 10.1. The van der Waals surface area contributed by atoms with Crippen LogP contribution in [0.5, 0.6) is 0 Å². The lowest BCUT2D eigenvalue weighted by molar-refractivity contribution is 0.0794. The number of fused-ring (bicyclic) bond motifs is 1. The second-order valence-electron chi connectivity index (χ2n) is 10.5. The molecule has 2 saturated heterocycles. The van der Waals surface area contributed by atoms with E-state index in [1.54, 1.807) is 12.1 Å². The Balaban J connectivity index is 1.33. The largest absolute Gasteiger partial charge is 0.369 e. The maximum atomic E-state index is 14.5. The molecule has 0 bridgehead atoms. The van der Waals surface area contributed by atoms with Gasteiger partial charge < -0.3 is 20.0 Å². The van der Waals surface area contributed by atoms with Crippen molar-refractivity contribution in [3.8, 4) is 11.3 Å². The molecule has 0 spiro atoms. The average molecular weight is 561 g/mol. The number of hydrogen-bond donors (Lipinski definition) is 1. The fraction of sp³-hybridized carbons (Fsp3) is 0.355. The van der Waals surface area contributed by atoms with Crippen molar-refractivity contribution in [2.75, 3.05) is 56.0 Å². The Morgan fingerprint density at radius 2 is 1.73 bits per heavy atom. The summed E-state index contributed by atoms with van der Waals surface area (Å²) in [6.07, 6.45) is 3.90. The Labute approximate surface area is 239 Å². The summed E-state index contributed by atoms with van der Waals surface area (Å²) < 4.78 is 16.4. The maximum absolute atomic E-state index is 14.5. The number of benzene rings is 2. The van der Waals surface area contributed by atoms with Crippen LogP contribution in [0.3, 0.4) is 0 Å². The molecule has 0 atom stereocenters. The van der Waals surface area contributed by atoms with Gasteiger partial charge in [-0.15, -0.1) is 0 Å². The number of aromatic nitrogens is 2. The van der Waals surface area contributed by atoms with Crippen molar-refractivity contribution in [1.82, 2.24) is 19.2 Å². The number of nitrogens with one attached hydrogen (secondary N) is 1. The van der Waals surface area contributed by atoms with Gasteiger partial charge >= 0.3 is 0 Å². The van der Waals surface area contributed by atoms with Gasteiger partial charge in [0.25, 0.3) is 5.91 Å². The van der Waals surface area contributed by atoms with Crippen LogP contribution in [0.4, 0.5) is 15.9 Å². The minimum Gasteiger partial charge on any atom is -0.369 e. The van der Waals surface area contributed by atoms with E-state index in [0.717, 1.165) is 75.7 Å². The van der Waals surface area contributed by atoms with Gasteiger partial charge in [0.15, 0.2) is 5.65 Å². The predicted molar refractivity (Wildman–Crippen MR) is 159 cm³/mol. The molecule has 4 aromatic rings. The second-order valence-corrected chi connectivity index (χ2v) is 10.9. The van der Waals surface area contributed by atoms with Gasteiger partial charge in [-0.1, -0.05) is 36.7 Å². The van der Waals surface area contributed by atoms with Crippen molar-refractivity contribution in [1.29, 1.82) is 0 Å². The van der Waals surface area contributed by atoms with Gasteiger partial charge in [-0.05, 0) is 49.7 Å². The number of nitrogens with zero attached hydrogens (tertiary/aromatic N) is 5. The summed E-state index contributed by atoms with van der Waals surface area (Å²) in [6.45, 7) is 9.26. The zero-order valence-electron chi connectivity index (χ0n) is 22.7. The molecule has 208 valence electrons. The smallest absolute Gasteiger partial charge is 0.257 e. The van der Waals surface area contributed by atoms with E-state index < -0.39 is 0 Å². The highest BCUT2D eigenvalue weighted by Crippen LogP contribution is 2.29. The highest BCUT2D eigenvalue weighted by molar-refractivity contribution is 6.30. The van der Waals surface area contributed by atoms with E-state index in [1.165, 1.54) is 11.8 Å². The van der Waals surface area contributed by atoms with E-state index in [-0.39, 0.29) is 18.3 Å². The molecular formula is C31H34ClFN6O. The molecule has 2 aromatic heterocycles. The summed E-state index contributed by atoms with van der Waals surface area (Å²) in [7, 11) is 0. The van der Waals surface area contributed by atoms with Crippen molar-refractivity contribution in [3.05, 3.63) is 82.8 Å². The number of amides is 1. The Hall–Kier alpha value is -3.62. The van der Waals surface area contributed by atoms with Crippen molar-refractivity contribution in [2.45, 2.75) is 26.3 Å². The molecule has 2 fully saturated rings. The highest BCUT2D eigenvalue weighted by atomic mass is 35.5. The molecule has 7 nitrogen and oxygen atoms in total. The van der Waals surface area contributed by atoms with E-state index in [1.807, 2.05) is 27.6 Å². The van der Waals surface area contributed by atoms with Crippen LogP contribution in [0.2, 0.25) is 5.02 Å². The third-order valence-corrected chi connectivity index (χ3v) is 8.30. The summed E-state index contributed by atoms with van der Waals surface area (Å²) in [4.78, 5) is 25.1. The van der Waals surface area contributed by atoms with Crippen molar-refractivity contribution >= 4 is 34.7 Å². The molecular weight excluding hydrogens is 527 g/mol. The summed E-state index contributed by atoms with van der Waals surface area (Å²) in [5, 5.41) is 3.73. The first-order chi connectivity index (χ1) is 19.5. The van der Waals surface area contributed by atoms with Gasteiger partial charge in [-0.3, -0.25) is 9.20 Å². The van der Waals surface area contributed by atoms with Crippen LogP contribution in [-0.2, 0) is 6.54 Å². The van der Waals surface area contributed by atoms with Crippen molar-refractivity contribution in [2.24, 2.45) is 0 Å². The quantitative estimate of drug-likeness (QED) is 0.310. The van der Waals surface area contributed by atoms with Crippen LogP contribution in [0, 0.1) is 5.82 Å². The summed E-state index contributed by atoms with van der Waals surface area (Å²) in [5.41, 5.74) is 4.58. The topological polar surface area (TPSA) is 56.1 Å². The molecule has 40 heavy (non-hydrogen) atoms. The number of carbonyl (C=O) groups excluding carboxylic acids is 1. The Kier molecular flexibility index (Phi) is 7.63. The number of anilines is 2. The molecule has 2 aliphatic heterocycles. The number of carbonyl (C=O) groups is 1. The standard InChI is InChI=1S/C31H34ClFN6O/c1-2-36-15-17-37(18-16-36)25-9-6-22(7-10-25)28-20-29(34-21-23-5-8-24(32)19-27(23)33)39-14-11-26(30(39)35-28)31(40)38-12-3-4-13-38/h5-11,14,19-20,34H,2-4,12-13,15-18,21H2,1H3. The first-order valence-corrected chi connectivity index (χ1v) is 14.4. The number of halogens is 2. The lowest BCUT2D eigenvalue weighted by Gasteiger charge is -2.35. The second kappa shape index (κ2) is 11.5. The monoisotopic (exact) mass is 560 g/mol. The van der Waals surface area contributed by atoms with Gasteiger partial charge in [0, 0.05) is 79.9 Å². The van der Waals surface area contributed by atoms with Crippen LogP contribution in [0.15, 0.2) is 60.8 Å². The minimum absolute atomic E-state index is 0.000847. The third-order valence-electron chi connectivity index (χ3n) is 8.07. The Morgan fingerprint density at radius 1 is 0.975 bits per heavy atom. The summed E-state index contributed by atoms with van der Waals surface area (Å²) >= 11 is 5.95. The van der Waals surface area contributed by atoms with Gasteiger partial charge in [0.2, 0.25) is 0 Å². The first-order valence-electron chi connectivity index (χ1n) is 14.1. The van der Waals surface area contributed by atoms with Crippen molar-refractivity contribution < 1.29 is 9.18 Å². The molecule has 4 heterocycles. The Bertz CT molecular complexity index is 1510. The van der Waals surface area contributed by atoms with Gasteiger partial charge in [0.05, 0.1) is 11.3 Å². The molecule has 1 N–H and O–H groups in total. The summed E-state index contributed by atoms with van der Waals surface area (Å²) in [6, 6.07) is 16.9. The molecule has 0 aliphatic carbocycles. The number of likely N-dealkylation sites (N-methyl/N-ethyl adjacent to an activating group) is 1. The predicted octanol–water partition coefficient (Wildman–Crippen LogP) is 5.78. The van der Waals surface area contributed by atoms with Crippen LogP contribution in [0.25, 0.3) is 16.9 Å². The van der Waals surface area contributed by atoms with Gasteiger partial charge in [-0.2, -0.15) is 0 Å². The summed E-state index contributed by atoms with van der Waals surface area (Å²) in [5.74, 6) is 0.369. The minimum atomic E-state index is -0.363. The van der Waals surface area contributed by atoms with Gasteiger partial charge in [-0.25, -0.2) is 9.37 Å². The zero-order chi connectivity index (χ0) is 27.6. The van der Waals surface area contributed by atoms with E-state index in [0.29, 0.717) is 21.8 Å². The maximum Gasteiger partial charge on any atom is 0.257 e. The third kappa shape index (κ3) is 5.38. The molecule has 1 amide bonds. The fourth-order valence-corrected chi connectivity index (χ4v) is 5.79. The van der Waals surface area contributed by atoms with Crippen LogP contribution < -0.4 is 10.2 Å². The molecule has 2 aliphatic rings. The van der Waals surface area contributed by atoms with E-state index in [4.69, 9.17) is 16.6 Å². The van der Waals surface area contributed by atoms with E-state index in [2.05, 4.69) is 46.3 Å². The lowest BCUT2D eigenvalue weighted by Crippen LogP contribution is -2.46.